The van der Waals surface area contributed by atoms with Gasteiger partial charge in [-0.05, 0) is 12.8 Å². The predicted octanol–water partition coefficient (Wildman–Crippen LogP) is -2.63. The second-order valence-electron chi connectivity index (χ2n) is 7.42. The number of rotatable bonds is 12. The number of nitrogens with one attached hydrogen (secondary N) is 4. The van der Waals surface area contributed by atoms with Gasteiger partial charge in [-0.2, -0.15) is 0 Å². The highest BCUT2D eigenvalue weighted by Gasteiger charge is 2.31. The first-order valence-corrected chi connectivity index (χ1v) is 9.57. The summed E-state index contributed by atoms with van der Waals surface area (Å²) in [6.45, 7) is 4.63. The van der Waals surface area contributed by atoms with Crippen molar-refractivity contribution in [1.82, 2.24) is 25.9 Å². The normalized spacial score (nSPS) is 14.7. The van der Waals surface area contributed by atoms with E-state index in [2.05, 4.69) is 25.9 Å². The van der Waals surface area contributed by atoms with Gasteiger partial charge in [0.2, 0.25) is 23.6 Å². The van der Waals surface area contributed by atoms with Crippen molar-refractivity contribution in [3.63, 3.8) is 0 Å². The summed E-state index contributed by atoms with van der Waals surface area (Å²) in [5, 5.41) is 16.3. The van der Waals surface area contributed by atoms with Gasteiger partial charge in [0.25, 0.3) is 0 Å². The van der Waals surface area contributed by atoms with Gasteiger partial charge in [0, 0.05) is 18.3 Å². The Morgan fingerprint density at radius 1 is 1.06 bits per heavy atom. The number of carbonyl (C=O) groups is 5. The average Bonchev–Trinajstić information content (AvgIpc) is 3.17. The van der Waals surface area contributed by atoms with Crippen molar-refractivity contribution in [2.75, 3.05) is 0 Å². The summed E-state index contributed by atoms with van der Waals surface area (Å²) in [5.74, 6) is -4.55. The van der Waals surface area contributed by atoms with Crippen LogP contribution >= 0.6 is 0 Å². The molecule has 0 fully saturated rings. The van der Waals surface area contributed by atoms with E-state index in [1.807, 2.05) is 0 Å². The summed E-state index contributed by atoms with van der Waals surface area (Å²) in [7, 11) is 0. The molecule has 1 aromatic rings. The third kappa shape index (κ3) is 8.42. The molecule has 31 heavy (non-hydrogen) atoms. The molecule has 0 spiro atoms. The molecule has 9 N–H and O–H groups in total. The molecule has 4 unspecified atom stereocenters. The number of aromatic amines is 1. The average molecular weight is 439 g/mol. The standard InChI is InChI=1S/C18H29N7O6/c1-8(2)14(17(29)23-9(3)18(30)31)25-16(28)12(4-10-6-21-7-22-10)24-15(27)11(19)5-13(20)26/h6-9,11-12,14H,4-5,19H2,1-3H3,(H2,20,26)(H,21,22)(H,23,29)(H,24,27)(H,25,28)(H,30,31). The van der Waals surface area contributed by atoms with Gasteiger partial charge < -0.3 is 37.5 Å². The Labute approximate surface area is 178 Å². The fourth-order valence-electron chi connectivity index (χ4n) is 2.57. The number of amides is 4. The molecule has 0 aromatic carbocycles. The van der Waals surface area contributed by atoms with E-state index in [0.29, 0.717) is 5.69 Å². The number of nitrogens with zero attached hydrogens (tertiary/aromatic N) is 1. The maximum atomic E-state index is 12.9. The number of carbonyl (C=O) groups excluding carboxylic acids is 4. The van der Waals surface area contributed by atoms with E-state index in [4.69, 9.17) is 16.6 Å². The van der Waals surface area contributed by atoms with Crippen molar-refractivity contribution >= 4 is 29.6 Å². The SMILES string of the molecule is CC(NC(=O)C(NC(=O)C(Cc1cnc[nH]1)NC(=O)C(N)CC(N)=O)C(C)C)C(=O)O. The monoisotopic (exact) mass is 439 g/mol. The Morgan fingerprint density at radius 3 is 2.19 bits per heavy atom. The molecule has 0 saturated carbocycles. The van der Waals surface area contributed by atoms with Crippen molar-refractivity contribution in [2.45, 2.75) is 57.8 Å². The third-order valence-electron chi connectivity index (χ3n) is 4.35. The van der Waals surface area contributed by atoms with Crippen LogP contribution in [-0.4, -0.2) is 68.8 Å². The van der Waals surface area contributed by atoms with Crippen LogP contribution in [0.4, 0.5) is 0 Å². The summed E-state index contributed by atoms with van der Waals surface area (Å²) >= 11 is 0. The molecule has 1 heterocycles. The first-order valence-electron chi connectivity index (χ1n) is 9.57. The van der Waals surface area contributed by atoms with E-state index in [1.165, 1.54) is 19.4 Å². The fourth-order valence-corrected chi connectivity index (χ4v) is 2.57. The van der Waals surface area contributed by atoms with Crippen molar-refractivity contribution in [3.05, 3.63) is 18.2 Å². The minimum absolute atomic E-state index is 0.00116. The summed E-state index contributed by atoms with van der Waals surface area (Å²) < 4.78 is 0. The topological polar surface area (TPSA) is 222 Å². The predicted molar refractivity (Wildman–Crippen MR) is 108 cm³/mol. The Bertz CT molecular complexity index is 795. The smallest absolute Gasteiger partial charge is 0.325 e. The minimum Gasteiger partial charge on any atom is -0.480 e. The van der Waals surface area contributed by atoms with Crippen LogP contribution in [-0.2, 0) is 30.4 Å². The molecule has 0 saturated heterocycles. The highest BCUT2D eigenvalue weighted by atomic mass is 16.4. The van der Waals surface area contributed by atoms with Crippen LogP contribution in [0, 0.1) is 5.92 Å². The molecule has 0 aliphatic carbocycles. The number of aliphatic carboxylic acids is 1. The highest BCUT2D eigenvalue weighted by molar-refractivity contribution is 5.95. The zero-order valence-electron chi connectivity index (χ0n) is 17.5. The lowest BCUT2D eigenvalue weighted by atomic mass is 10.0. The molecular weight excluding hydrogens is 410 g/mol. The van der Waals surface area contributed by atoms with Gasteiger partial charge in [-0.15, -0.1) is 0 Å². The third-order valence-corrected chi connectivity index (χ3v) is 4.35. The maximum absolute atomic E-state index is 12.9. The van der Waals surface area contributed by atoms with E-state index in [0.717, 1.165) is 0 Å². The van der Waals surface area contributed by atoms with Gasteiger partial charge in [-0.25, -0.2) is 4.98 Å². The number of H-pyrrole nitrogens is 1. The second-order valence-corrected chi connectivity index (χ2v) is 7.42. The van der Waals surface area contributed by atoms with Crippen LogP contribution in [0.1, 0.15) is 32.9 Å². The molecule has 4 amide bonds. The van der Waals surface area contributed by atoms with Crippen LogP contribution in [0.15, 0.2) is 12.5 Å². The number of carboxylic acids is 1. The van der Waals surface area contributed by atoms with Crippen molar-refractivity contribution < 1.29 is 29.1 Å². The highest BCUT2D eigenvalue weighted by Crippen LogP contribution is 2.06. The first kappa shape index (κ1) is 25.6. The largest absolute Gasteiger partial charge is 0.480 e. The fraction of sp³-hybridized carbons (Fsp3) is 0.556. The van der Waals surface area contributed by atoms with Crippen molar-refractivity contribution in [1.29, 1.82) is 0 Å². The van der Waals surface area contributed by atoms with Gasteiger partial charge in [-0.3, -0.25) is 24.0 Å². The Hall–Kier alpha value is -3.48. The van der Waals surface area contributed by atoms with Gasteiger partial charge in [-0.1, -0.05) is 13.8 Å². The number of imidazole rings is 1. The lowest BCUT2D eigenvalue weighted by Gasteiger charge is -2.26. The molecule has 0 aliphatic heterocycles. The van der Waals surface area contributed by atoms with Gasteiger partial charge in [0.05, 0.1) is 18.8 Å². The first-order chi connectivity index (χ1) is 14.4. The maximum Gasteiger partial charge on any atom is 0.325 e. The Kier molecular flexibility index (Phi) is 9.60. The number of aromatic nitrogens is 2. The summed E-state index contributed by atoms with van der Waals surface area (Å²) in [5.41, 5.74) is 11.2. The Morgan fingerprint density at radius 2 is 1.71 bits per heavy atom. The number of primary amides is 1. The van der Waals surface area contributed by atoms with Crippen LogP contribution in [0.5, 0.6) is 0 Å². The van der Waals surface area contributed by atoms with Crippen molar-refractivity contribution in [2.24, 2.45) is 17.4 Å². The van der Waals surface area contributed by atoms with Crippen LogP contribution < -0.4 is 27.4 Å². The number of carboxylic acid groups (broad SMARTS) is 1. The molecule has 4 atom stereocenters. The molecule has 0 radical (unpaired) electrons. The van der Waals surface area contributed by atoms with Crippen LogP contribution in [0.3, 0.4) is 0 Å². The molecule has 1 aromatic heterocycles. The van der Waals surface area contributed by atoms with E-state index >= 15 is 0 Å². The van der Waals surface area contributed by atoms with Gasteiger partial charge in [0.15, 0.2) is 0 Å². The van der Waals surface area contributed by atoms with E-state index < -0.39 is 60.2 Å². The summed E-state index contributed by atoms with van der Waals surface area (Å²) in [6.07, 6.45) is 2.44. The lowest BCUT2D eigenvalue weighted by molar-refractivity contribution is -0.142. The number of hydrogen-bond donors (Lipinski definition) is 7. The number of hydrogen-bond acceptors (Lipinski definition) is 7. The molecular formula is C18H29N7O6. The second kappa shape index (κ2) is 11.6. The zero-order valence-corrected chi connectivity index (χ0v) is 17.5. The number of nitrogens with two attached hydrogens (primary N) is 2. The van der Waals surface area contributed by atoms with E-state index in [-0.39, 0.29) is 12.3 Å². The summed E-state index contributed by atoms with van der Waals surface area (Å²) in [4.78, 5) is 66.3. The molecule has 13 nitrogen and oxygen atoms in total. The molecule has 0 aliphatic rings. The molecule has 0 bridgehead atoms. The lowest BCUT2D eigenvalue weighted by Crippen LogP contribution is -2.58. The summed E-state index contributed by atoms with van der Waals surface area (Å²) in [6, 6.07) is -4.62. The van der Waals surface area contributed by atoms with E-state index in [9.17, 15) is 24.0 Å². The van der Waals surface area contributed by atoms with Crippen molar-refractivity contribution in [3.8, 4) is 0 Å². The molecule has 1 rings (SSSR count). The van der Waals surface area contributed by atoms with Crippen LogP contribution in [0.25, 0.3) is 0 Å². The Balaban J connectivity index is 2.97. The zero-order chi connectivity index (χ0) is 23.7. The molecule has 172 valence electrons. The molecule has 13 heteroatoms. The van der Waals surface area contributed by atoms with E-state index in [1.54, 1.807) is 13.8 Å². The minimum atomic E-state index is -1.25. The van der Waals surface area contributed by atoms with Crippen LogP contribution in [0.2, 0.25) is 0 Å². The van der Waals surface area contributed by atoms with Gasteiger partial charge in [0.1, 0.15) is 18.1 Å². The van der Waals surface area contributed by atoms with Gasteiger partial charge >= 0.3 is 5.97 Å². The quantitative estimate of drug-likeness (QED) is 0.182.